The predicted octanol–water partition coefficient (Wildman–Crippen LogP) is 1.67. The van der Waals surface area contributed by atoms with Crippen LogP contribution in [0.1, 0.15) is 11.5 Å². The summed E-state index contributed by atoms with van der Waals surface area (Å²) < 4.78 is 48.5. The molecule has 2 N–H and O–H groups in total. The van der Waals surface area contributed by atoms with Crippen LogP contribution in [0.4, 0.5) is 17.6 Å². The van der Waals surface area contributed by atoms with Crippen molar-refractivity contribution in [3.05, 3.63) is 35.6 Å². The molecule has 0 spiro atoms. The van der Waals surface area contributed by atoms with Crippen molar-refractivity contribution in [2.75, 3.05) is 6.54 Å². The molecule has 0 fully saturated rings. The van der Waals surface area contributed by atoms with Crippen LogP contribution in [0.2, 0.25) is 0 Å². The minimum absolute atomic E-state index is 0.0939. The number of rotatable bonds is 4. The van der Waals surface area contributed by atoms with Gasteiger partial charge in [-0.05, 0) is 17.7 Å². The summed E-state index contributed by atoms with van der Waals surface area (Å²) in [4.78, 5) is 21.5. The number of amides is 1. The molecule has 19 heavy (non-hydrogen) atoms. The van der Waals surface area contributed by atoms with Crippen molar-refractivity contribution in [3.63, 3.8) is 0 Å². The lowest BCUT2D eigenvalue weighted by Gasteiger charge is -2.14. The quantitative estimate of drug-likeness (QED) is 0.824. The van der Waals surface area contributed by atoms with Crippen LogP contribution in [-0.4, -0.2) is 29.7 Å². The summed E-state index contributed by atoms with van der Waals surface area (Å²) in [6.45, 7) is -0.737. The number of aliphatic carboxylic acids is 1. The van der Waals surface area contributed by atoms with Gasteiger partial charge in [0.2, 0.25) is 0 Å². The number of halogens is 4. The van der Waals surface area contributed by atoms with Crippen molar-refractivity contribution in [1.82, 2.24) is 5.32 Å². The number of hydrogen-bond donors (Lipinski definition) is 2. The highest BCUT2D eigenvalue weighted by molar-refractivity contribution is 5.83. The van der Waals surface area contributed by atoms with Crippen molar-refractivity contribution in [3.8, 4) is 0 Å². The summed E-state index contributed by atoms with van der Waals surface area (Å²) in [6.07, 6.45) is -5.08. The van der Waals surface area contributed by atoms with Gasteiger partial charge in [0.25, 0.3) is 0 Å². The van der Waals surface area contributed by atoms with E-state index in [4.69, 9.17) is 5.11 Å². The third kappa shape index (κ3) is 4.23. The summed E-state index contributed by atoms with van der Waals surface area (Å²) in [5.41, 5.74) is 0.0939. The summed E-state index contributed by atoms with van der Waals surface area (Å²) in [5, 5.41) is 10.4. The number of carboxylic acids is 1. The van der Waals surface area contributed by atoms with Crippen LogP contribution in [-0.2, 0) is 9.59 Å². The SMILES string of the molecule is O=C(O)C(CNC(=O)C(F)(F)F)c1ccc(F)cc1. The zero-order valence-corrected chi connectivity index (χ0v) is 9.37. The van der Waals surface area contributed by atoms with Gasteiger partial charge in [0.15, 0.2) is 0 Å². The van der Waals surface area contributed by atoms with Crippen LogP contribution in [0.15, 0.2) is 24.3 Å². The first-order valence-corrected chi connectivity index (χ1v) is 5.05. The average molecular weight is 279 g/mol. The molecule has 0 aliphatic carbocycles. The molecule has 1 rings (SSSR count). The van der Waals surface area contributed by atoms with Gasteiger partial charge in [0.1, 0.15) is 5.82 Å². The molecule has 0 aromatic heterocycles. The second-order valence-corrected chi connectivity index (χ2v) is 3.65. The van der Waals surface area contributed by atoms with E-state index >= 15 is 0 Å². The fraction of sp³-hybridized carbons (Fsp3) is 0.273. The molecule has 104 valence electrons. The van der Waals surface area contributed by atoms with Crippen LogP contribution >= 0.6 is 0 Å². The molecule has 0 saturated carbocycles. The lowest BCUT2D eigenvalue weighted by molar-refractivity contribution is -0.173. The molecule has 1 aromatic carbocycles. The van der Waals surface area contributed by atoms with Crippen molar-refractivity contribution in [2.45, 2.75) is 12.1 Å². The summed E-state index contributed by atoms with van der Waals surface area (Å²) >= 11 is 0. The molecule has 0 heterocycles. The van der Waals surface area contributed by atoms with Crippen LogP contribution in [0.25, 0.3) is 0 Å². The highest BCUT2D eigenvalue weighted by Crippen LogP contribution is 2.18. The Hall–Kier alpha value is -2.12. The fourth-order valence-corrected chi connectivity index (χ4v) is 1.34. The number of nitrogens with one attached hydrogen (secondary N) is 1. The fourth-order valence-electron chi connectivity index (χ4n) is 1.34. The predicted molar refractivity (Wildman–Crippen MR) is 55.8 cm³/mol. The molecule has 8 heteroatoms. The standard InChI is InChI=1S/C11H9F4NO3/c12-7-3-1-6(2-4-7)8(9(17)18)5-16-10(19)11(13,14)15/h1-4,8H,5H2,(H,16,19)(H,17,18). The Morgan fingerprint density at radius 3 is 2.16 bits per heavy atom. The average Bonchev–Trinajstić information content (AvgIpc) is 2.29. The normalized spacial score (nSPS) is 12.8. The Balaban J connectivity index is 2.78. The van der Waals surface area contributed by atoms with E-state index in [1.54, 1.807) is 0 Å². The first kappa shape index (κ1) is 14.9. The van der Waals surface area contributed by atoms with Gasteiger partial charge < -0.3 is 10.4 Å². The van der Waals surface area contributed by atoms with E-state index in [0.717, 1.165) is 24.3 Å². The molecule has 1 unspecified atom stereocenters. The lowest BCUT2D eigenvalue weighted by Crippen LogP contribution is -2.40. The van der Waals surface area contributed by atoms with E-state index in [0.29, 0.717) is 0 Å². The molecule has 0 radical (unpaired) electrons. The molecule has 1 atom stereocenters. The third-order valence-electron chi connectivity index (χ3n) is 2.29. The smallest absolute Gasteiger partial charge is 0.471 e. The molecule has 1 amide bonds. The molecule has 0 bridgehead atoms. The first-order chi connectivity index (χ1) is 8.71. The Morgan fingerprint density at radius 1 is 1.21 bits per heavy atom. The molecule has 4 nitrogen and oxygen atoms in total. The number of benzene rings is 1. The van der Waals surface area contributed by atoms with Gasteiger partial charge in [-0.1, -0.05) is 12.1 Å². The van der Waals surface area contributed by atoms with Crippen LogP contribution in [0.5, 0.6) is 0 Å². The Kier molecular flexibility index (Phi) is 4.47. The molecular formula is C11H9F4NO3. The minimum Gasteiger partial charge on any atom is -0.481 e. The van der Waals surface area contributed by atoms with E-state index in [2.05, 4.69) is 0 Å². The van der Waals surface area contributed by atoms with E-state index in [1.165, 1.54) is 5.32 Å². The van der Waals surface area contributed by atoms with Crippen LogP contribution in [0.3, 0.4) is 0 Å². The molecule has 1 aromatic rings. The zero-order chi connectivity index (χ0) is 14.6. The Morgan fingerprint density at radius 2 is 1.74 bits per heavy atom. The summed E-state index contributed by atoms with van der Waals surface area (Å²) in [7, 11) is 0. The molecule has 0 saturated heterocycles. The van der Waals surface area contributed by atoms with Crippen molar-refractivity contribution in [2.24, 2.45) is 0 Å². The minimum atomic E-state index is -5.08. The molecule has 0 aliphatic rings. The van der Waals surface area contributed by atoms with E-state index in [9.17, 15) is 27.2 Å². The number of carboxylic acid groups (broad SMARTS) is 1. The van der Waals surface area contributed by atoms with E-state index in [-0.39, 0.29) is 5.56 Å². The van der Waals surface area contributed by atoms with Gasteiger partial charge in [0, 0.05) is 6.54 Å². The van der Waals surface area contributed by atoms with Gasteiger partial charge in [-0.15, -0.1) is 0 Å². The van der Waals surface area contributed by atoms with Crippen molar-refractivity contribution in [1.29, 1.82) is 0 Å². The Labute approximate surface area is 105 Å². The second-order valence-electron chi connectivity index (χ2n) is 3.65. The third-order valence-corrected chi connectivity index (χ3v) is 2.29. The van der Waals surface area contributed by atoms with Gasteiger partial charge in [-0.2, -0.15) is 13.2 Å². The van der Waals surface area contributed by atoms with E-state index in [1.807, 2.05) is 0 Å². The van der Waals surface area contributed by atoms with Gasteiger partial charge in [-0.3, -0.25) is 9.59 Å². The topological polar surface area (TPSA) is 66.4 Å². The number of hydrogen-bond acceptors (Lipinski definition) is 2. The largest absolute Gasteiger partial charge is 0.481 e. The Bertz CT molecular complexity index is 470. The lowest BCUT2D eigenvalue weighted by atomic mass is 9.99. The van der Waals surface area contributed by atoms with Crippen molar-refractivity contribution >= 4 is 11.9 Å². The molecular weight excluding hydrogens is 270 g/mol. The monoisotopic (exact) mass is 279 g/mol. The number of carbonyl (C=O) groups excluding carboxylic acids is 1. The second kappa shape index (κ2) is 5.68. The number of carbonyl (C=O) groups is 2. The summed E-state index contributed by atoms with van der Waals surface area (Å²) in [5.74, 6) is -5.63. The van der Waals surface area contributed by atoms with Crippen LogP contribution < -0.4 is 5.32 Å². The summed E-state index contributed by atoms with van der Waals surface area (Å²) in [6, 6.07) is 4.23. The van der Waals surface area contributed by atoms with E-state index < -0.39 is 36.3 Å². The first-order valence-electron chi connectivity index (χ1n) is 5.05. The van der Waals surface area contributed by atoms with Crippen molar-refractivity contribution < 1.29 is 32.3 Å². The van der Waals surface area contributed by atoms with Gasteiger partial charge in [0.05, 0.1) is 5.92 Å². The number of alkyl halides is 3. The zero-order valence-electron chi connectivity index (χ0n) is 9.37. The van der Waals surface area contributed by atoms with Gasteiger partial charge >= 0.3 is 18.1 Å². The maximum atomic E-state index is 12.7. The highest BCUT2D eigenvalue weighted by Gasteiger charge is 2.39. The maximum absolute atomic E-state index is 12.7. The highest BCUT2D eigenvalue weighted by atomic mass is 19.4. The van der Waals surface area contributed by atoms with Crippen LogP contribution in [0, 0.1) is 5.82 Å². The van der Waals surface area contributed by atoms with Gasteiger partial charge in [-0.25, -0.2) is 4.39 Å². The molecule has 0 aliphatic heterocycles. The maximum Gasteiger partial charge on any atom is 0.471 e.